The van der Waals surface area contributed by atoms with E-state index in [4.69, 9.17) is 15.0 Å². The van der Waals surface area contributed by atoms with Crippen molar-refractivity contribution in [2.45, 2.75) is 0 Å². The number of nitrogens with zero attached hydrogens (tertiary/aromatic N) is 4. The van der Waals surface area contributed by atoms with Crippen LogP contribution < -0.4 is 21.9 Å². The van der Waals surface area contributed by atoms with E-state index in [0.29, 0.717) is 39.3 Å². The molecule has 0 radical (unpaired) electrons. The van der Waals surface area contributed by atoms with Crippen molar-refractivity contribution >= 4 is 96.6 Å². The summed E-state index contributed by atoms with van der Waals surface area (Å²) >= 11 is 0. The van der Waals surface area contributed by atoms with Gasteiger partial charge in [-0.05, 0) is 50.7 Å². The van der Waals surface area contributed by atoms with Gasteiger partial charge in [0.25, 0.3) is 0 Å². The summed E-state index contributed by atoms with van der Waals surface area (Å²) in [7, 11) is 7.85. The highest BCUT2D eigenvalue weighted by molar-refractivity contribution is 6.60. The molecule has 0 aliphatic carbocycles. The molecule has 238 valence electrons. The SMILES string of the molecule is Bc1c(O)c(B)c2c(-c3nc(-c4ccccc4)nc(-c4ccc5ccccc5c4)n3)c(O)c(B)c(-n3c4ccccc4c4ccccc43)c2c1B. The number of phenols is 2. The van der Waals surface area contributed by atoms with Crippen LogP contribution in [0.4, 0.5) is 0 Å². The van der Waals surface area contributed by atoms with Crippen molar-refractivity contribution in [3.8, 4) is 51.3 Å². The van der Waals surface area contributed by atoms with Gasteiger partial charge in [-0.3, -0.25) is 0 Å². The van der Waals surface area contributed by atoms with Crippen molar-refractivity contribution in [1.29, 1.82) is 0 Å². The molecule has 0 atom stereocenters. The average Bonchev–Trinajstić information content (AvgIpc) is 3.51. The Bertz CT molecular complexity index is 2840. The molecule has 0 amide bonds. The Morgan fingerprint density at radius 3 is 1.71 bits per heavy atom. The van der Waals surface area contributed by atoms with Gasteiger partial charge in [0.05, 0.1) is 22.3 Å². The number of hydrogen-bond acceptors (Lipinski definition) is 5. The minimum Gasteiger partial charge on any atom is -0.509 e. The van der Waals surface area contributed by atoms with Crippen LogP contribution in [0.2, 0.25) is 0 Å². The van der Waals surface area contributed by atoms with Crippen LogP contribution >= 0.6 is 0 Å². The van der Waals surface area contributed by atoms with E-state index >= 15 is 0 Å². The summed E-state index contributed by atoms with van der Waals surface area (Å²) in [6.07, 6.45) is 0. The van der Waals surface area contributed by atoms with Gasteiger partial charge in [0.15, 0.2) is 17.5 Å². The third-order valence-corrected chi connectivity index (χ3v) is 10.4. The first-order chi connectivity index (χ1) is 24.8. The first-order valence-electron chi connectivity index (χ1n) is 17.1. The maximum atomic E-state index is 12.5. The summed E-state index contributed by atoms with van der Waals surface area (Å²) < 4.78 is 2.25. The Morgan fingerprint density at radius 2 is 1.02 bits per heavy atom. The highest BCUT2D eigenvalue weighted by Crippen LogP contribution is 2.40. The molecule has 0 spiro atoms. The smallest absolute Gasteiger partial charge is 0.168 e. The van der Waals surface area contributed by atoms with Gasteiger partial charge in [-0.15, -0.1) is 0 Å². The van der Waals surface area contributed by atoms with Crippen molar-refractivity contribution in [1.82, 2.24) is 19.5 Å². The van der Waals surface area contributed by atoms with Crippen LogP contribution in [0.3, 0.4) is 0 Å². The third-order valence-electron chi connectivity index (χ3n) is 10.4. The summed E-state index contributed by atoms with van der Waals surface area (Å²) in [6, 6.07) is 40.9. The number of fused-ring (bicyclic) bond motifs is 5. The Morgan fingerprint density at radius 1 is 0.451 bits per heavy atom. The molecule has 9 aromatic rings. The first-order valence-corrected chi connectivity index (χ1v) is 17.1. The standard InChI is InChI=1S/C41H30B4N4O2/c42-32-30-29(33(43)38(51)34(32)44)31(37(50)35(45)36(30)49-27-16-8-6-14-25(27)26-15-7-9-17-28(26)49)41-47-39(22-11-2-1-3-12-22)46-40(48-41)24-19-18-21-10-4-5-13-23(21)20-24/h1-20,50-51H,42-45H2. The molecule has 0 saturated heterocycles. The van der Waals surface area contributed by atoms with Gasteiger partial charge in [-0.1, -0.05) is 114 Å². The molecule has 0 aliphatic rings. The van der Waals surface area contributed by atoms with Crippen molar-refractivity contribution in [3.63, 3.8) is 0 Å². The third kappa shape index (κ3) is 4.67. The molecule has 6 nitrogen and oxygen atoms in total. The maximum Gasteiger partial charge on any atom is 0.168 e. The van der Waals surface area contributed by atoms with E-state index in [0.717, 1.165) is 65.7 Å². The molecule has 51 heavy (non-hydrogen) atoms. The molecule has 7 aromatic carbocycles. The predicted molar refractivity (Wildman–Crippen MR) is 222 cm³/mol. The molecule has 2 N–H and O–H groups in total. The molecule has 0 bridgehead atoms. The molecule has 0 unspecified atom stereocenters. The fraction of sp³-hybridized carbons (Fsp3) is 0. The van der Waals surface area contributed by atoms with Crippen LogP contribution in [0.25, 0.3) is 83.2 Å². The number of rotatable bonds is 4. The lowest BCUT2D eigenvalue weighted by molar-refractivity contribution is 0.481. The first kappa shape index (κ1) is 30.8. The zero-order valence-electron chi connectivity index (χ0n) is 28.7. The fourth-order valence-electron chi connectivity index (χ4n) is 7.68. The number of benzene rings is 7. The Balaban J connectivity index is 1.42. The number of phenolic OH excluding ortho intramolecular Hbond substituents is 2. The minimum absolute atomic E-state index is 0.0554. The average molecular weight is 654 g/mol. The van der Waals surface area contributed by atoms with Gasteiger partial charge >= 0.3 is 0 Å². The predicted octanol–water partition coefficient (Wildman–Crippen LogP) is 2.72. The molecule has 2 heterocycles. The van der Waals surface area contributed by atoms with Crippen LogP contribution in [0, 0.1) is 0 Å². The van der Waals surface area contributed by atoms with Gasteiger partial charge in [0.2, 0.25) is 0 Å². The zero-order chi connectivity index (χ0) is 35.0. The largest absolute Gasteiger partial charge is 0.509 e. The topological polar surface area (TPSA) is 84.1 Å². The number of hydrogen-bond donors (Lipinski definition) is 2. The monoisotopic (exact) mass is 654 g/mol. The molecule has 10 heteroatoms. The van der Waals surface area contributed by atoms with E-state index in [2.05, 4.69) is 65.2 Å². The lowest BCUT2D eigenvalue weighted by atomic mass is 9.69. The summed E-state index contributed by atoms with van der Waals surface area (Å²) in [5.41, 5.74) is 8.09. The van der Waals surface area contributed by atoms with Gasteiger partial charge in [0, 0.05) is 21.9 Å². The van der Waals surface area contributed by atoms with E-state index in [1.807, 2.05) is 92.0 Å². The van der Waals surface area contributed by atoms with Crippen LogP contribution in [-0.4, -0.2) is 61.1 Å². The lowest BCUT2D eigenvalue weighted by Gasteiger charge is -2.24. The Labute approximate surface area is 298 Å². The van der Waals surface area contributed by atoms with Crippen molar-refractivity contribution in [2.75, 3.05) is 0 Å². The summed E-state index contributed by atoms with van der Waals surface area (Å²) in [5.74, 6) is 1.56. The second-order valence-corrected chi connectivity index (χ2v) is 13.3. The van der Waals surface area contributed by atoms with Crippen LogP contribution in [0.5, 0.6) is 11.5 Å². The summed E-state index contributed by atoms with van der Waals surface area (Å²) in [4.78, 5) is 15.1. The quantitative estimate of drug-likeness (QED) is 0.286. The maximum absolute atomic E-state index is 12.5. The summed E-state index contributed by atoms with van der Waals surface area (Å²) in [5, 5.41) is 30.2. The van der Waals surface area contributed by atoms with Crippen LogP contribution in [0.15, 0.2) is 121 Å². The van der Waals surface area contributed by atoms with Crippen molar-refractivity contribution in [3.05, 3.63) is 121 Å². The number of aromatic hydroxyl groups is 2. The van der Waals surface area contributed by atoms with E-state index in [1.54, 1.807) is 0 Å². The van der Waals surface area contributed by atoms with Gasteiger partial charge in [-0.2, -0.15) is 0 Å². The van der Waals surface area contributed by atoms with Crippen molar-refractivity contribution in [2.24, 2.45) is 0 Å². The molecule has 2 aromatic heterocycles. The molecule has 9 rings (SSSR count). The molecular formula is C41H30B4N4O2. The van der Waals surface area contributed by atoms with Gasteiger partial charge in [0.1, 0.15) is 42.9 Å². The number of para-hydroxylation sites is 2. The zero-order valence-corrected chi connectivity index (χ0v) is 28.7. The van der Waals surface area contributed by atoms with Crippen molar-refractivity contribution < 1.29 is 10.2 Å². The van der Waals surface area contributed by atoms with Gasteiger partial charge in [-0.25, -0.2) is 15.0 Å². The van der Waals surface area contributed by atoms with E-state index in [-0.39, 0.29) is 11.5 Å². The highest BCUT2D eigenvalue weighted by atomic mass is 16.3. The second kappa shape index (κ2) is 11.7. The Hall–Kier alpha value is -6.27. The highest BCUT2D eigenvalue weighted by Gasteiger charge is 2.28. The van der Waals surface area contributed by atoms with Gasteiger partial charge < -0.3 is 14.8 Å². The second-order valence-electron chi connectivity index (χ2n) is 13.3. The minimum atomic E-state index is 0.0554. The normalized spacial score (nSPS) is 11.6. The van der Waals surface area contributed by atoms with Crippen LogP contribution in [-0.2, 0) is 0 Å². The molecule has 0 saturated carbocycles. The van der Waals surface area contributed by atoms with E-state index < -0.39 is 0 Å². The Kier molecular flexibility index (Phi) is 7.04. The molecule has 0 fully saturated rings. The van der Waals surface area contributed by atoms with Crippen LogP contribution in [0.1, 0.15) is 0 Å². The molecular weight excluding hydrogens is 624 g/mol. The van der Waals surface area contributed by atoms with E-state index in [1.165, 1.54) is 0 Å². The summed E-state index contributed by atoms with van der Waals surface area (Å²) in [6.45, 7) is 0. The number of aromatic nitrogens is 4. The molecule has 0 aliphatic heterocycles. The lowest BCUT2D eigenvalue weighted by Crippen LogP contribution is -2.34. The van der Waals surface area contributed by atoms with E-state index in [9.17, 15) is 10.2 Å². The fourth-order valence-corrected chi connectivity index (χ4v) is 7.68.